The molecule has 116 valence electrons. The Hall–Kier alpha value is -1.58. The van der Waals surface area contributed by atoms with Gasteiger partial charge in [-0.25, -0.2) is 0 Å². The van der Waals surface area contributed by atoms with E-state index in [1.165, 1.54) is 0 Å². The molecule has 5 nitrogen and oxygen atoms in total. The van der Waals surface area contributed by atoms with E-state index in [-0.39, 0.29) is 0 Å². The van der Waals surface area contributed by atoms with Crippen molar-refractivity contribution in [2.24, 2.45) is 5.73 Å². The van der Waals surface area contributed by atoms with Gasteiger partial charge in [-0.3, -0.25) is 0 Å². The van der Waals surface area contributed by atoms with Crippen LogP contribution in [0.5, 0.6) is 5.75 Å². The second kappa shape index (κ2) is 11.1. The summed E-state index contributed by atoms with van der Waals surface area (Å²) in [7, 11) is 3.27. The normalized spacial score (nSPS) is 10.0. The summed E-state index contributed by atoms with van der Waals surface area (Å²) >= 11 is 0. The third-order valence-corrected chi connectivity index (χ3v) is 2.66. The van der Waals surface area contributed by atoms with Crippen LogP contribution < -0.4 is 10.5 Å². The van der Waals surface area contributed by atoms with Crippen LogP contribution in [-0.2, 0) is 20.8 Å². The summed E-state index contributed by atoms with van der Waals surface area (Å²) in [6, 6.07) is 5.79. The molecule has 2 N–H and O–H groups in total. The molecule has 0 spiro atoms. The lowest BCUT2D eigenvalue weighted by Gasteiger charge is -2.08. The Morgan fingerprint density at radius 3 is 2.52 bits per heavy atom. The highest BCUT2D eigenvalue weighted by Crippen LogP contribution is 2.19. The van der Waals surface area contributed by atoms with Gasteiger partial charge in [-0.05, 0) is 17.7 Å². The Bertz CT molecular complexity index is 465. The van der Waals surface area contributed by atoms with E-state index in [1.54, 1.807) is 14.2 Å². The number of hydrogen-bond acceptors (Lipinski definition) is 5. The van der Waals surface area contributed by atoms with E-state index in [4.69, 9.17) is 24.7 Å². The van der Waals surface area contributed by atoms with Crippen molar-refractivity contribution >= 4 is 0 Å². The van der Waals surface area contributed by atoms with Crippen molar-refractivity contribution in [1.29, 1.82) is 0 Å². The van der Waals surface area contributed by atoms with Gasteiger partial charge in [0.2, 0.25) is 0 Å². The molecule has 21 heavy (non-hydrogen) atoms. The molecule has 0 aliphatic heterocycles. The third kappa shape index (κ3) is 7.11. The molecule has 1 aromatic rings. The van der Waals surface area contributed by atoms with Crippen molar-refractivity contribution in [3.05, 3.63) is 29.3 Å². The fourth-order valence-electron chi connectivity index (χ4n) is 1.64. The summed E-state index contributed by atoms with van der Waals surface area (Å²) < 4.78 is 21.0. The van der Waals surface area contributed by atoms with Gasteiger partial charge in [0.1, 0.15) is 5.75 Å². The highest BCUT2D eigenvalue weighted by atomic mass is 16.5. The topological polar surface area (TPSA) is 62.9 Å². The molecule has 0 amide bonds. The van der Waals surface area contributed by atoms with Gasteiger partial charge < -0.3 is 24.7 Å². The van der Waals surface area contributed by atoms with Crippen LogP contribution >= 0.6 is 0 Å². The molecule has 0 saturated carbocycles. The molecule has 1 rings (SSSR count). The second-order valence-electron chi connectivity index (χ2n) is 4.20. The maximum absolute atomic E-state index is 5.55. The molecule has 0 saturated heterocycles. The van der Waals surface area contributed by atoms with Crippen molar-refractivity contribution in [3.63, 3.8) is 0 Å². The molecular formula is C16H23NO4. The number of hydrogen-bond donors (Lipinski definition) is 1. The molecule has 0 bridgehead atoms. The molecule has 0 fully saturated rings. The lowest BCUT2D eigenvalue weighted by atomic mass is 10.1. The van der Waals surface area contributed by atoms with Crippen molar-refractivity contribution < 1.29 is 18.9 Å². The van der Waals surface area contributed by atoms with Gasteiger partial charge >= 0.3 is 0 Å². The van der Waals surface area contributed by atoms with Crippen molar-refractivity contribution in [1.82, 2.24) is 0 Å². The van der Waals surface area contributed by atoms with Gasteiger partial charge in [0, 0.05) is 7.11 Å². The quantitative estimate of drug-likeness (QED) is 0.547. The Labute approximate surface area is 126 Å². The van der Waals surface area contributed by atoms with E-state index in [1.807, 2.05) is 18.2 Å². The maximum Gasteiger partial charge on any atom is 0.134 e. The zero-order chi connectivity index (χ0) is 15.3. The monoisotopic (exact) mass is 293 g/mol. The first-order chi connectivity index (χ1) is 10.3. The SMILES string of the molecule is COCCOCCOCc1ccc(OC)c(C#CCN)c1. The van der Waals surface area contributed by atoms with E-state index in [9.17, 15) is 0 Å². The molecule has 0 aromatic heterocycles. The van der Waals surface area contributed by atoms with Gasteiger partial charge in [-0.2, -0.15) is 0 Å². The minimum atomic E-state index is 0.322. The minimum Gasteiger partial charge on any atom is -0.495 e. The average Bonchev–Trinajstić information content (AvgIpc) is 2.52. The summed E-state index contributed by atoms with van der Waals surface area (Å²) in [4.78, 5) is 0. The number of nitrogens with two attached hydrogens (primary N) is 1. The van der Waals surface area contributed by atoms with Gasteiger partial charge in [0.15, 0.2) is 0 Å². The Kier molecular flexibility index (Phi) is 9.25. The standard InChI is InChI=1S/C16H23NO4/c1-18-8-9-20-10-11-21-13-14-5-6-16(19-2)15(12-14)4-3-7-17/h5-6,12H,7-11,13,17H2,1-2H3. The largest absolute Gasteiger partial charge is 0.495 e. The maximum atomic E-state index is 5.55. The Morgan fingerprint density at radius 2 is 1.81 bits per heavy atom. The summed E-state index contributed by atoms with van der Waals surface area (Å²) in [5.74, 6) is 6.56. The zero-order valence-electron chi connectivity index (χ0n) is 12.7. The van der Waals surface area contributed by atoms with E-state index in [0.717, 1.165) is 16.9 Å². The van der Waals surface area contributed by atoms with Crippen LogP contribution in [0, 0.1) is 11.8 Å². The first-order valence-electron chi connectivity index (χ1n) is 6.82. The molecule has 0 radical (unpaired) electrons. The Balaban J connectivity index is 2.41. The molecule has 0 unspecified atom stereocenters. The number of ether oxygens (including phenoxy) is 4. The van der Waals surface area contributed by atoms with Gasteiger partial charge in [0.25, 0.3) is 0 Å². The van der Waals surface area contributed by atoms with Gasteiger partial charge in [0.05, 0.1) is 52.3 Å². The summed E-state index contributed by atoms with van der Waals surface area (Å²) in [6.07, 6.45) is 0. The first kappa shape index (κ1) is 17.5. The predicted octanol–water partition coefficient (Wildman–Crippen LogP) is 1.18. The number of benzene rings is 1. The van der Waals surface area contributed by atoms with E-state index in [0.29, 0.717) is 39.6 Å². The molecule has 5 heteroatoms. The van der Waals surface area contributed by atoms with E-state index < -0.39 is 0 Å². The summed E-state index contributed by atoms with van der Waals surface area (Å²) in [5.41, 5.74) is 7.25. The molecule has 0 aliphatic carbocycles. The van der Waals surface area contributed by atoms with Crippen LogP contribution in [0.2, 0.25) is 0 Å². The van der Waals surface area contributed by atoms with Crippen LogP contribution in [0.4, 0.5) is 0 Å². The van der Waals surface area contributed by atoms with E-state index >= 15 is 0 Å². The van der Waals surface area contributed by atoms with E-state index in [2.05, 4.69) is 11.8 Å². The lowest BCUT2D eigenvalue weighted by Crippen LogP contribution is -2.08. The number of rotatable bonds is 9. The van der Waals surface area contributed by atoms with Gasteiger partial charge in [-0.15, -0.1) is 0 Å². The molecule has 0 atom stereocenters. The Morgan fingerprint density at radius 1 is 1.05 bits per heavy atom. The fraction of sp³-hybridized carbons (Fsp3) is 0.500. The zero-order valence-corrected chi connectivity index (χ0v) is 12.7. The highest BCUT2D eigenvalue weighted by Gasteiger charge is 2.02. The smallest absolute Gasteiger partial charge is 0.134 e. The highest BCUT2D eigenvalue weighted by molar-refractivity contribution is 5.48. The third-order valence-electron chi connectivity index (χ3n) is 2.66. The average molecular weight is 293 g/mol. The van der Waals surface area contributed by atoms with Crippen LogP contribution in [0.1, 0.15) is 11.1 Å². The number of methoxy groups -OCH3 is 2. The lowest BCUT2D eigenvalue weighted by molar-refractivity contribution is 0.0199. The van der Waals surface area contributed by atoms with Crippen molar-refractivity contribution in [2.75, 3.05) is 47.2 Å². The predicted molar refractivity (Wildman–Crippen MR) is 81.3 cm³/mol. The van der Waals surface area contributed by atoms with Gasteiger partial charge in [-0.1, -0.05) is 17.9 Å². The molecular weight excluding hydrogens is 270 g/mol. The van der Waals surface area contributed by atoms with Crippen LogP contribution in [0.15, 0.2) is 18.2 Å². The van der Waals surface area contributed by atoms with Crippen LogP contribution in [0.3, 0.4) is 0 Å². The second-order valence-corrected chi connectivity index (χ2v) is 4.20. The molecule has 0 aliphatic rings. The van der Waals surface area contributed by atoms with Crippen molar-refractivity contribution in [2.45, 2.75) is 6.61 Å². The van der Waals surface area contributed by atoms with Crippen LogP contribution in [0.25, 0.3) is 0 Å². The van der Waals surface area contributed by atoms with Crippen molar-refractivity contribution in [3.8, 4) is 17.6 Å². The first-order valence-corrected chi connectivity index (χ1v) is 6.82. The van der Waals surface area contributed by atoms with Crippen LogP contribution in [-0.4, -0.2) is 47.2 Å². The molecule has 1 aromatic carbocycles. The fourth-order valence-corrected chi connectivity index (χ4v) is 1.64. The summed E-state index contributed by atoms with van der Waals surface area (Å²) in [6.45, 7) is 3.11. The molecule has 0 heterocycles. The minimum absolute atomic E-state index is 0.322. The summed E-state index contributed by atoms with van der Waals surface area (Å²) in [5, 5.41) is 0.